The number of benzene rings is 4. The van der Waals surface area contributed by atoms with Crippen LogP contribution in [0.2, 0.25) is 0 Å². The number of hydrogen-bond donors (Lipinski definition) is 0. The maximum absolute atomic E-state index is 5.40. The van der Waals surface area contributed by atoms with Gasteiger partial charge < -0.3 is 14.4 Å². The zero-order valence-corrected chi connectivity index (χ0v) is 28.3. The number of aromatic nitrogens is 1. The molecule has 228 valence electrons. The van der Waals surface area contributed by atoms with Crippen LogP contribution in [0.15, 0.2) is 121 Å². The SMILES string of the molecule is CC[n+]1c(/C=C/c2ccc(-c3ccc(-c4ccc(N(c5ccc(OC)cc5)c5ccc(OC)cc5)cc4)s3)s2)sc2ccccc21. The van der Waals surface area contributed by atoms with Crippen molar-refractivity contribution in [1.82, 2.24) is 0 Å². The van der Waals surface area contributed by atoms with Gasteiger partial charge in [0.2, 0.25) is 5.52 Å². The summed E-state index contributed by atoms with van der Waals surface area (Å²) >= 11 is 5.51. The lowest BCUT2D eigenvalue weighted by molar-refractivity contribution is -0.665. The molecule has 4 aromatic carbocycles. The summed E-state index contributed by atoms with van der Waals surface area (Å²) in [5, 5.41) is 1.28. The molecule has 0 spiro atoms. The van der Waals surface area contributed by atoms with E-state index in [9.17, 15) is 0 Å². The second-order valence-corrected chi connectivity index (χ2v) is 13.9. The van der Waals surface area contributed by atoms with Crippen molar-refractivity contribution >= 4 is 73.4 Å². The van der Waals surface area contributed by atoms with Crippen LogP contribution in [0.1, 0.15) is 16.8 Å². The fourth-order valence-electron chi connectivity index (χ4n) is 5.54. The van der Waals surface area contributed by atoms with Crippen LogP contribution in [0, 0.1) is 0 Å². The Labute approximate surface area is 281 Å². The molecule has 7 aromatic rings. The van der Waals surface area contributed by atoms with Gasteiger partial charge in [0.05, 0.1) is 14.2 Å². The van der Waals surface area contributed by atoms with Crippen molar-refractivity contribution in [1.29, 1.82) is 0 Å². The minimum atomic E-state index is 0.831. The smallest absolute Gasteiger partial charge is 0.262 e. The summed E-state index contributed by atoms with van der Waals surface area (Å²) < 4.78 is 14.5. The second-order valence-electron chi connectivity index (χ2n) is 10.6. The van der Waals surface area contributed by atoms with Crippen molar-refractivity contribution in [3.63, 3.8) is 0 Å². The predicted molar refractivity (Wildman–Crippen MR) is 197 cm³/mol. The number of rotatable bonds is 10. The minimum Gasteiger partial charge on any atom is -0.497 e. The third-order valence-electron chi connectivity index (χ3n) is 7.89. The van der Waals surface area contributed by atoms with Crippen molar-refractivity contribution in [2.45, 2.75) is 13.5 Å². The first-order valence-corrected chi connectivity index (χ1v) is 17.6. The van der Waals surface area contributed by atoms with Crippen LogP contribution in [0.25, 0.3) is 42.6 Å². The molecule has 0 aliphatic rings. The number of ether oxygens (including phenoxy) is 2. The van der Waals surface area contributed by atoms with Crippen LogP contribution < -0.4 is 18.9 Å². The largest absolute Gasteiger partial charge is 0.497 e. The summed E-state index contributed by atoms with van der Waals surface area (Å²) in [5.74, 6) is 1.66. The number of thiazole rings is 1. The molecule has 0 amide bonds. The monoisotopic (exact) mass is 657 g/mol. The van der Waals surface area contributed by atoms with Crippen LogP contribution in [-0.4, -0.2) is 14.2 Å². The van der Waals surface area contributed by atoms with Gasteiger partial charge in [0.1, 0.15) is 22.7 Å². The van der Waals surface area contributed by atoms with Gasteiger partial charge >= 0.3 is 0 Å². The third kappa shape index (κ3) is 6.09. The summed E-state index contributed by atoms with van der Waals surface area (Å²) in [7, 11) is 3.38. The molecule has 4 nitrogen and oxygen atoms in total. The fourth-order valence-corrected chi connectivity index (χ4v) is 8.68. The van der Waals surface area contributed by atoms with E-state index in [2.05, 4.69) is 126 Å². The van der Waals surface area contributed by atoms with Crippen LogP contribution in [-0.2, 0) is 6.54 Å². The maximum atomic E-state index is 5.40. The number of methoxy groups -OCH3 is 2. The molecule has 0 unspecified atom stereocenters. The second kappa shape index (κ2) is 13.3. The lowest BCUT2D eigenvalue weighted by Gasteiger charge is -2.26. The average molecular weight is 658 g/mol. The molecule has 0 bridgehead atoms. The number of fused-ring (bicyclic) bond motifs is 1. The summed E-state index contributed by atoms with van der Waals surface area (Å²) in [6.45, 7) is 3.17. The molecule has 7 rings (SSSR count). The van der Waals surface area contributed by atoms with Crippen LogP contribution in [0.4, 0.5) is 17.1 Å². The highest BCUT2D eigenvalue weighted by Crippen LogP contribution is 2.40. The Bertz CT molecular complexity index is 2060. The van der Waals surface area contributed by atoms with E-state index in [1.165, 1.54) is 40.3 Å². The Morgan fingerprint density at radius 2 is 1.15 bits per heavy atom. The van der Waals surface area contributed by atoms with E-state index in [1.54, 1.807) is 14.2 Å². The first-order valence-electron chi connectivity index (χ1n) is 15.1. The number of nitrogens with zero attached hydrogens (tertiary/aromatic N) is 2. The van der Waals surface area contributed by atoms with E-state index in [0.717, 1.165) is 35.1 Å². The molecule has 0 fully saturated rings. The summed E-state index contributed by atoms with van der Waals surface area (Å²) in [5.41, 5.74) is 5.69. The molecule has 0 aliphatic carbocycles. The van der Waals surface area contributed by atoms with E-state index in [0.29, 0.717) is 0 Å². The fraction of sp³-hybridized carbons (Fsp3) is 0.103. The van der Waals surface area contributed by atoms with Crippen molar-refractivity contribution in [3.05, 3.63) is 131 Å². The molecule has 0 atom stereocenters. The van der Waals surface area contributed by atoms with Crippen LogP contribution in [0.3, 0.4) is 0 Å². The molecule has 3 aromatic heterocycles. The molecule has 7 heteroatoms. The van der Waals surface area contributed by atoms with Gasteiger partial charge in [-0.15, -0.1) is 22.7 Å². The zero-order valence-electron chi connectivity index (χ0n) is 25.8. The number of aryl methyl sites for hydroxylation is 1. The van der Waals surface area contributed by atoms with E-state index >= 15 is 0 Å². The summed E-state index contributed by atoms with van der Waals surface area (Å²) in [6.07, 6.45) is 4.50. The predicted octanol–water partition coefficient (Wildman–Crippen LogP) is 11.3. The number of para-hydroxylation sites is 1. The normalized spacial score (nSPS) is 11.4. The van der Waals surface area contributed by atoms with Crippen molar-refractivity contribution in [2.24, 2.45) is 0 Å². The molecule has 0 saturated heterocycles. The maximum Gasteiger partial charge on any atom is 0.262 e. The van der Waals surface area contributed by atoms with Crippen LogP contribution >= 0.6 is 34.0 Å². The van der Waals surface area contributed by atoms with Crippen molar-refractivity contribution in [3.8, 4) is 31.7 Å². The zero-order chi connectivity index (χ0) is 31.5. The molecular formula is C39H33N2O2S3+. The minimum absolute atomic E-state index is 0.831. The summed E-state index contributed by atoms with van der Waals surface area (Å²) in [6, 6.07) is 42.6. The van der Waals surface area contributed by atoms with Gasteiger partial charge in [0.15, 0.2) is 0 Å². The van der Waals surface area contributed by atoms with Gasteiger partial charge in [-0.2, -0.15) is 4.57 Å². The highest BCUT2D eigenvalue weighted by atomic mass is 32.1. The lowest BCUT2D eigenvalue weighted by Crippen LogP contribution is -2.33. The van der Waals surface area contributed by atoms with E-state index in [1.807, 2.05) is 58.3 Å². The Kier molecular flexibility index (Phi) is 8.70. The van der Waals surface area contributed by atoms with Gasteiger partial charge in [-0.1, -0.05) is 35.6 Å². The van der Waals surface area contributed by atoms with E-state index in [4.69, 9.17) is 9.47 Å². The van der Waals surface area contributed by atoms with Crippen LogP contribution in [0.5, 0.6) is 11.5 Å². The Morgan fingerprint density at radius 3 is 1.78 bits per heavy atom. The lowest BCUT2D eigenvalue weighted by atomic mass is 10.1. The van der Waals surface area contributed by atoms with Gasteiger partial charge in [-0.3, -0.25) is 0 Å². The standard InChI is InChI=1S/C39H33N2O2S3/c1-4-40-34-7-5-6-8-36(34)46-39(40)26-22-33-21-23-37(44-33)38-25-24-35(45-38)27-9-11-28(12-10-27)41(29-13-17-31(42-2)18-14-29)30-15-19-32(43-3)20-16-30/h5-26H,4H2,1-3H3/q+1. The topological polar surface area (TPSA) is 25.6 Å². The first kappa shape index (κ1) is 30.0. The molecule has 0 saturated carbocycles. The highest BCUT2D eigenvalue weighted by Gasteiger charge is 2.17. The van der Waals surface area contributed by atoms with E-state index < -0.39 is 0 Å². The number of anilines is 3. The molecule has 46 heavy (non-hydrogen) atoms. The van der Waals surface area contributed by atoms with Gasteiger partial charge in [0.25, 0.3) is 5.01 Å². The average Bonchev–Trinajstić information content (AvgIpc) is 3.87. The molecule has 0 N–H and O–H groups in total. The Hall–Kier alpha value is -4.69. The first-order chi connectivity index (χ1) is 22.6. The number of hydrogen-bond acceptors (Lipinski definition) is 6. The number of thiophene rings is 2. The van der Waals surface area contributed by atoms with Gasteiger partial charge in [0, 0.05) is 48.7 Å². The molecule has 0 aliphatic heterocycles. The highest BCUT2D eigenvalue weighted by molar-refractivity contribution is 7.24. The molecular weight excluding hydrogens is 625 g/mol. The Morgan fingerprint density at radius 1 is 0.587 bits per heavy atom. The van der Waals surface area contributed by atoms with Crippen molar-refractivity contribution < 1.29 is 14.0 Å². The Balaban J connectivity index is 1.11. The van der Waals surface area contributed by atoms with Gasteiger partial charge in [-0.05, 0) is 110 Å². The quantitative estimate of drug-likeness (QED) is 0.137. The molecule has 3 heterocycles. The summed E-state index contributed by atoms with van der Waals surface area (Å²) in [4.78, 5) is 7.32. The van der Waals surface area contributed by atoms with E-state index in [-0.39, 0.29) is 0 Å². The molecule has 0 radical (unpaired) electrons. The third-order valence-corrected chi connectivity index (χ3v) is 11.4. The van der Waals surface area contributed by atoms with Gasteiger partial charge in [-0.25, -0.2) is 0 Å². The van der Waals surface area contributed by atoms with Crippen molar-refractivity contribution in [2.75, 3.05) is 19.1 Å².